The summed E-state index contributed by atoms with van der Waals surface area (Å²) in [5, 5.41) is 4.63. The van der Waals surface area contributed by atoms with Gasteiger partial charge in [-0.1, -0.05) is 20.8 Å². The predicted octanol–water partition coefficient (Wildman–Crippen LogP) is 3.62. The molecule has 3 N–H and O–H groups in total. The third-order valence-corrected chi connectivity index (χ3v) is 9.18. The van der Waals surface area contributed by atoms with Gasteiger partial charge in [-0.15, -0.1) is 0 Å². The second-order valence-electron chi connectivity index (χ2n) is 11.7. The summed E-state index contributed by atoms with van der Waals surface area (Å²) < 4.78 is 9.84. The van der Waals surface area contributed by atoms with Crippen LogP contribution in [0, 0.1) is 25.7 Å². The average Bonchev–Trinajstić information content (AvgIpc) is 3.66. The fraction of sp³-hybridized carbons (Fsp3) is 0.457. The highest BCUT2D eigenvalue weighted by Crippen LogP contribution is 2.32. The molecule has 1 saturated heterocycles. The first-order chi connectivity index (χ1) is 21.4. The van der Waals surface area contributed by atoms with E-state index in [1.807, 2.05) is 52.8 Å². The number of hydrogen-bond donors (Lipinski definition) is 3. The highest BCUT2D eigenvalue weighted by Gasteiger charge is 2.34. The largest absolute Gasteiger partial charge is 0.469 e. The van der Waals surface area contributed by atoms with Gasteiger partial charge in [-0.05, 0) is 92.5 Å². The molecule has 0 aliphatic carbocycles. The number of nitrogens with zero attached hydrogens (tertiary/aromatic N) is 1. The van der Waals surface area contributed by atoms with Gasteiger partial charge in [-0.2, -0.15) is 0 Å². The van der Waals surface area contributed by atoms with Crippen molar-refractivity contribution in [3.63, 3.8) is 0 Å². The van der Waals surface area contributed by atoms with Crippen molar-refractivity contribution in [1.82, 2.24) is 15.3 Å². The SMILES string of the molecule is CCC1=C(C)C(C=c2[nH]/c(=C\c3[nH]c(/C=C4\NC(=O)C(C)C4CC)c(C)c3CCC(=O)OC)c(CCC(=O)OC)c2C)=NC1=O. The Labute approximate surface area is 263 Å². The van der Waals surface area contributed by atoms with Crippen molar-refractivity contribution in [2.45, 2.75) is 80.1 Å². The van der Waals surface area contributed by atoms with Gasteiger partial charge in [0.25, 0.3) is 5.91 Å². The van der Waals surface area contributed by atoms with Crippen molar-refractivity contribution in [3.05, 3.63) is 61.2 Å². The number of methoxy groups -OCH3 is 2. The number of H-pyrrole nitrogens is 2. The molecule has 1 fully saturated rings. The van der Waals surface area contributed by atoms with Gasteiger partial charge in [0, 0.05) is 58.0 Å². The number of aromatic nitrogens is 2. The number of aromatic amines is 2. The van der Waals surface area contributed by atoms with Crippen LogP contribution in [-0.2, 0) is 41.5 Å². The molecule has 45 heavy (non-hydrogen) atoms. The van der Waals surface area contributed by atoms with Gasteiger partial charge in [-0.25, -0.2) is 4.99 Å². The number of carbonyl (C=O) groups excluding carboxylic acids is 4. The van der Waals surface area contributed by atoms with E-state index in [9.17, 15) is 19.2 Å². The molecule has 4 rings (SSSR count). The Kier molecular flexibility index (Phi) is 10.5. The number of ether oxygens (including phenoxy) is 2. The van der Waals surface area contributed by atoms with E-state index in [1.54, 1.807) is 0 Å². The fourth-order valence-electron chi connectivity index (χ4n) is 6.28. The number of rotatable bonds is 11. The molecule has 0 saturated carbocycles. The predicted molar refractivity (Wildman–Crippen MR) is 174 cm³/mol. The Hall–Kier alpha value is -4.47. The molecule has 0 radical (unpaired) electrons. The van der Waals surface area contributed by atoms with Crippen LogP contribution in [0.15, 0.2) is 21.8 Å². The lowest BCUT2D eigenvalue weighted by Gasteiger charge is -2.11. The molecule has 10 nitrogen and oxygen atoms in total. The summed E-state index contributed by atoms with van der Waals surface area (Å²) in [6, 6.07) is 0. The van der Waals surface area contributed by atoms with Gasteiger partial charge in [0.1, 0.15) is 0 Å². The zero-order chi connectivity index (χ0) is 33.0. The first kappa shape index (κ1) is 33.4. The first-order valence-electron chi connectivity index (χ1n) is 15.5. The van der Waals surface area contributed by atoms with Gasteiger partial charge in [0.2, 0.25) is 5.91 Å². The summed E-state index contributed by atoms with van der Waals surface area (Å²) in [5.74, 6) is -0.831. The van der Waals surface area contributed by atoms with Gasteiger partial charge in [0.05, 0.1) is 19.9 Å². The van der Waals surface area contributed by atoms with E-state index in [0.29, 0.717) is 30.5 Å². The molecular formula is C35H44N4O6. The standard InChI is InChI=1S/C35H44N4O6/c1-9-22-21(6)34(42)39-29(22)16-27-20(5)25(12-14-33(41)45-8)31(37-27)17-30-24(11-13-32(40)44-7)19(4)26(36-30)15-28-18(3)23(10-2)35(43)38-28/h15-17,21-22,36-37H,9-14H2,1-8H3,(H,39,42)/b26-15?,29-16-,30-17-. The number of aliphatic imine (C=N–C) groups is 1. The Morgan fingerprint density at radius 1 is 0.844 bits per heavy atom. The van der Waals surface area contributed by atoms with Crippen LogP contribution in [0.25, 0.3) is 18.2 Å². The number of allylic oxidation sites excluding steroid dienone is 2. The molecule has 2 aromatic heterocycles. The highest BCUT2D eigenvalue weighted by molar-refractivity contribution is 6.30. The van der Waals surface area contributed by atoms with Crippen molar-refractivity contribution in [3.8, 4) is 0 Å². The topological polar surface area (TPSA) is 143 Å². The molecule has 10 heteroatoms. The number of nitrogens with one attached hydrogen (secondary N) is 3. The minimum absolute atomic E-state index is 0.0144. The van der Waals surface area contributed by atoms with Crippen molar-refractivity contribution in [2.24, 2.45) is 16.8 Å². The average molecular weight is 617 g/mol. The van der Waals surface area contributed by atoms with E-state index >= 15 is 0 Å². The van der Waals surface area contributed by atoms with Crippen LogP contribution in [-0.4, -0.2) is 53.7 Å². The monoisotopic (exact) mass is 616 g/mol. The zero-order valence-electron chi connectivity index (χ0n) is 27.5. The van der Waals surface area contributed by atoms with Crippen LogP contribution >= 0.6 is 0 Å². The van der Waals surface area contributed by atoms with Crippen molar-refractivity contribution < 1.29 is 28.7 Å². The molecular weight excluding hydrogens is 572 g/mol. The van der Waals surface area contributed by atoms with E-state index < -0.39 is 0 Å². The Bertz CT molecular complexity index is 1750. The van der Waals surface area contributed by atoms with Crippen molar-refractivity contribution >= 4 is 47.7 Å². The molecule has 4 heterocycles. The minimum Gasteiger partial charge on any atom is -0.469 e. The maximum Gasteiger partial charge on any atom is 0.305 e. The summed E-state index contributed by atoms with van der Waals surface area (Å²) in [6.07, 6.45) is 8.59. The Morgan fingerprint density at radius 3 is 2.07 bits per heavy atom. The van der Waals surface area contributed by atoms with E-state index in [4.69, 9.17) is 9.47 Å². The van der Waals surface area contributed by atoms with Gasteiger partial charge >= 0.3 is 11.9 Å². The second-order valence-corrected chi connectivity index (χ2v) is 11.7. The molecule has 2 aromatic rings. The molecule has 2 aliphatic heterocycles. The molecule has 2 amide bonds. The van der Waals surface area contributed by atoms with Crippen LogP contribution in [0.5, 0.6) is 0 Å². The fourth-order valence-corrected chi connectivity index (χ4v) is 6.28. The van der Waals surface area contributed by atoms with Gasteiger partial charge in [0.15, 0.2) is 0 Å². The molecule has 0 aromatic carbocycles. The molecule has 0 spiro atoms. The second kappa shape index (κ2) is 14.1. The summed E-state index contributed by atoms with van der Waals surface area (Å²) in [5.41, 5.74) is 8.51. The summed E-state index contributed by atoms with van der Waals surface area (Å²) >= 11 is 0. The zero-order valence-corrected chi connectivity index (χ0v) is 27.5. The minimum atomic E-state index is -0.314. The Balaban J connectivity index is 1.90. The summed E-state index contributed by atoms with van der Waals surface area (Å²) in [7, 11) is 2.75. The van der Waals surface area contributed by atoms with Crippen LogP contribution in [0.2, 0.25) is 0 Å². The number of esters is 2. The molecule has 2 aliphatic rings. The highest BCUT2D eigenvalue weighted by atomic mass is 16.5. The van der Waals surface area contributed by atoms with E-state index in [-0.39, 0.29) is 48.4 Å². The van der Waals surface area contributed by atoms with E-state index in [0.717, 1.165) is 62.0 Å². The van der Waals surface area contributed by atoms with Crippen molar-refractivity contribution in [2.75, 3.05) is 14.2 Å². The lowest BCUT2D eigenvalue weighted by atomic mass is 9.92. The third-order valence-electron chi connectivity index (χ3n) is 9.18. The van der Waals surface area contributed by atoms with Crippen LogP contribution in [0.3, 0.4) is 0 Å². The maximum absolute atomic E-state index is 12.5. The molecule has 0 bridgehead atoms. The molecule has 2 unspecified atom stereocenters. The molecule has 240 valence electrons. The van der Waals surface area contributed by atoms with E-state index in [2.05, 4.69) is 27.2 Å². The van der Waals surface area contributed by atoms with Gasteiger partial charge in [-0.3, -0.25) is 19.2 Å². The summed E-state index contributed by atoms with van der Waals surface area (Å²) in [4.78, 5) is 60.5. The number of carbonyl (C=O) groups is 4. The van der Waals surface area contributed by atoms with Crippen LogP contribution in [0.1, 0.15) is 87.0 Å². The first-order valence-corrected chi connectivity index (χ1v) is 15.5. The van der Waals surface area contributed by atoms with E-state index in [1.165, 1.54) is 14.2 Å². The van der Waals surface area contributed by atoms with Crippen LogP contribution in [0.4, 0.5) is 0 Å². The van der Waals surface area contributed by atoms with Gasteiger partial charge < -0.3 is 24.8 Å². The van der Waals surface area contributed by atoms with Crippen LogP contribution < -0.4 is 16.0 Å². The normalized spacial score (nSPS) is 20.0. The Morgan fingerprint density at radius 2 is 1.49 bits per heavy atom. The lowest BCUT2D eigenvalue weighted by molar-refractivity contribution is -0.141. The number of hydrogen-bond acceptors (Lipinski definition) is 6. The summed E-state index contributed by atoms with van der Waals surface area (Å²) in [6.45, 7) is 11.8. The quantitative estimate of drug-likeness (QED) is 0.329. The third kappa shape index (κ3) is 6.95. The number of amides is 2. The molecule has 2 atom stereocenters. The van der Waals surface area contributed by atoms with Crippen molar-refractivity contribution in [1.29, 1.82) is 0 Å². The lowest BCUT2D eigenvalue weighted by Crippen LogP contribution is -2.16. The smallest absolute Gasteiger partial charge is 0.305 e. The maximum atomic E-state index is 12.5.